The maximum Gasteiger partial charge on any atom is 0.397 e. The van der Waals surface area contributed by atoms with Crippen LogP contribution in [0.2, 0.25) is 0 Å². The smallest absolute Gasteiger partial charge is 0.397 e. The molecule has 2 heterocycles. The number of carboxylic acids is 1. The lowest BCUT2D eigenvalue weighted by atomic mass is 9.52. The van der Waals surface area contributed by atoms with Crippen molar-refractivity contribution in [2.75, 3.05) is 26.9 Å². The summed E-state index contributed by atoms with van der Waals surface area (Å²) in [5, 5.41) is 47.2. The third-order valence-corrected chi connectivity index (χ3v) is 11.9. The lowest BCUT2D eigenvalue weighted by Gasteiger charge is -2.70. The quantitative estimate of drug-likeness (QED) is 0.121. The Bertz CT molecular complexity index is 1290. The van der Waals surface area contributed by atoms with Gasteiger partial charge in [-0.15, -0.1) is 0 Å². The Morgan fingerprint density at radius 1 is 0.822 bits per heavy atom. The van der Waals surface area contributed by atoms with E-state index in [1.807, 2.05) is 0 Å². The molecule has 2 radical (unpaired) electrons. The number of nitrogens with one attached hydrogen (secondary N) is 1. The minimum absolute atomic E-state index is 0.474. The topological polar surface area (TPSA) is 237 Å². The van der Waals surface area contributed by atoms with E-state index in [0.717, 1.165) is 27.7 Å². The Morgan fingerprint density at radius 3 is 1.73 bits per heavy atom. The summed E-state index contributed by atoms with van der Waals surface area (Å²) < 4.78 is 66.9. The van der Waals surface area contributed by atoms with E-state index in [4.69, 9.17) is 35.8 Å². The van der Waals surface area contributed by atoms with Crippen LogP contribution in [0.4, 0.5) is 0 Å². The monoisotopic (exact) mass is 669 g/mol. The van der Waals surface area contributed by atoms with Gasteiger partial charge in [0.25, 0.3) is 8.05 Å². The molecule has 10 atom stereocenters. The number of hydrogen-bond donors (Lipinski definition) is 6. The van der Waals surface area contributed by atoms with Gasteiger partial charge in [-0.05, 0) is 62.3 Å². The Balaban J connectivity index is 2.75. The highest BCUT2D eigenvalue weighted by atomic mass is 32.3. The maximum atomic E-state index is 12.6. The van der Waals surface area contributed by atoms with Crippen LogP contribution in [-0.2, 0) is 47.8 Å². The second kappa shape index (κ2) is 11.3. The van der Waals surface area contributed by atoms with Gasteiger partial charge < -0.3 is 49.3 Å². The van der Waals surface area contributed by atoms with Gasteiger partial charge in [-0.25, -0.2) is 8.98 Å². The molecule has 6 N–H and O–H groups in total. The van der Waals surface area contributed by atoms with Crippen LogP contribution in [-0.4, -0.2) is 131 Å². The predicted molar refractivity (Wildman–Crippen MR) is 156 cm³/mol. The summed E-state index contributed by atoms with van der Waals surface area (Å²) in [7, 11) is 2.16. The SMILES string of the molecule is [B]O[C@]1(C)C(C)(COS(=O)(=O)O)OC(C)(OC)[C@@](C)(NC(C)=O)[C@]1(C)COCC1(C)OC(C)(C(=O)O)[C@@](C)(O)[C@@](C)(O)[C@]1(C)O. The van der Waals surface area contributed by atoms with Crippen LogP contribution < -0.4 is 5.32 Å². The zero-order valence-electron chi connectivity index (χ0n) is 27.9. The van der Waals surface area contributed by atoms with E-state index in [9.17, 15) is 43.0 Å². The van der Waals surface area contributed by atoms with Gasteiger partial charge in [-0.2, -0.15) is 8.42 Å². The van der Waals surface area contributed by atoms with E-state index in [1.165, 1.54) is 41.7 Å². The first kappa shape index (κ1) is 39.7. The fourth-order valence-corrected chi connectivity index (χ4v) is 7.28. The van der Waals surface area contributed by atoms with Crippen LogP contribution in [0.5, 0.6) is 0 Å². The van der Waals surface area contributed by atoms with Crippen molar-refractivity contribution in [1.82, 2.24) is 5.32 Å². The molecule has 2 rings (SSSR count). The van der Waals surface area contributed by atoms with Crippen molar-refractivity contribution in [1.29, 1.82) is 0 Å². The fraction of sp³-hybridized carbons (Fsp3) is 0.926. The summed E-state index contributed by atoms with van der Waals surface area (Å²) in [4.78, 5) is 25.0. The van der Waals surface area contributed by atoms with Gasteiger partial charge in [0.2, 0.25) is 5.91 Å². The predicted octanol–water partition coefficient (Wildman–Crippen LogP) is -0.381. The molecule has 0 aromatic heterocycles. The first-order valence-electron chi connectivity index (χ1n) is 14.0. The number of aliphatic carboxylic acids is 1. The van der Waals surface area contributed by atoms with Crippen molar-refractivity contribution < 1.29 is 70.8 Å². The van der Waals surface area contributed by atoms with Gasteiger partial charge in [0.1, 0.15) is 40.2 Å². The molecule has 0 bridgehead atoms. The van der Waals surface area contributed by atoms with Crippen LogP contribution in [0.1, 0.15) is 76.2 Å². The number of carbonyl (C=O) groups is 2. The summed E-state index contributed by atoms with van der Waals surface area (Å²) in [5.74, 6) is -3.97. The molecule has 0 aliphatic carbocycles. The highest BCUT2D eigenvalue weighted by Crippen LogP contribution is 2.60. The summed E-state index contributed by atoms with van der Waals surface area (Å²) >= 11 is 0. The number of aliphatic hydroxyl groups is 3. The van der Waals surface area contributed by atoms with Gasteiger partial charge in [0.05, 0.1) is 18.8 Å². The summed E-state index contributed by atoms with van der Waals surface area (Å²) in [6, 6.07) is 0. The number of hydrogen-bond acceptors (Lipinski definition) is 13. The molecule has 0 spiro atoms. The first-order chi connectivity index (χ1) is 19.8. The molecule has 2 fully saturated rings. The largest absolute Gasteiger partial charge is 0.479 e. The lowest BCUT2D eigenvalue weighted by molar-refractivity contribution is -0.414. The van der Waals surface area contributed by atoms with Gasteiger partial charge in [0.15, 0.2) is 11.4 Å². The number of rotatable bonds is 11. The Morgan fingerprint density at radius 2 is 1.33 bits per heavy atom. The molecule has 4 unspecified atom stereocenters. The zero-order chi connectivity index (χ0) is 35.7. The molecule has 16 nitrogen and oxygen atoms in total. The Labute approximate surface area is 265 Å². The molecule has 2 aliphatic heterocycles. The molecule has 0 aromatic rings. The van der Waals surface area contributed by atoms with Crippen LogP contribution in [0.25, 0.3) is 0 Å². The molecule has 45 heavy (non-hydrogen) atoms. The second-order valence-corrected chi connectivity index (χ2v) is 14.9. The van der Waals surface area contributed by atoms with E-state index < -0.39 is 98.0 Å². The molecule has 0 aromatic carbocycles. The zero-order valence-corrected chi connectivity index (χ0v) is 28.7. The third kappa shape index (κ3) is 5.33. The minimum atomic E-state index is -4.99. The molecule has 260 valence electrons. The van der Waals surface area contributed by atoms with Crippen molar-refractivity contribution in [2.45, 2.75) is 127 Å². The molecule has 18 heteroatoms. The Kier molecular flexibility index (Phi) is 10.00. The van der Waals surface area contributed by atoms with Crippen LogP contribution >= 0.6 is 0 Å². The van der Waals surface area contributed by atoms with Crippen LogP contribution in [0.3, 0.4) is 0 Å². The van der Waals surface area contributed by atoms with Crippen molar-refractivity contribution in [3.05, 3.63) is 0 Å². The van der Waals surface area contributed by atoms with Crippen molar-refractivity contribution in [3.63, 3.8) is 0 Å². The first-order valence-corrected chi connectivity index (χ1v) is 15.4. The molecule has 0 saturated carbocycles. The molecule has 2 saturated heterocycles. The van der Waals surface area contributed by atoms with Crippen LogP contribution in [0.15, 0.2) is 0 Å². The van der Waals surface area contributed by atoms with Crippen molar-refractivity contribution >= 4 is 30.3 Å². The number of methoxy groups -OCH3 is 1. The molecule has 1 amide bonds. The summed E-state index contributed by atoms with van der Waals surface area (Å²) in [6.45, 7) is 12.2. The number of amides is 1. The van der Waals surface area contributed by atoms with Gasteiger partial charge >= 0.3 is 16.4 Å². The van der Waals surface area contributed by atoms with Gasteiger partial charge in [-0.1, -0.05) is 6.92 Å². The summed E-state index contributed by atoms with van der Waals surface area (Å²) in [5.41, 5.74) is -18.8. The van der Waals surface area contributed by atoms with Crippen LogP contribution in [0, 0.1) is 5.41 Å². The number of ether oxygens (including phenoxy) is 4. The highest BCUT2D eigenvalue weighted by Gasteiger charge is 2.78. The normalized spacial score (nSPS) is 49.0. The summed E-state index contributed by atoms with van der Waals surface area (Å²) in [6.07, 6.45) is 0. The van der Waals surface area contributed by atoms with E-state index in [-0.39, 0.29) is 0 Å². The minimum Gasteiger partial charge on any atom is -0.479 e. The standard InChI is InChI=1S/C27H48BNO15S/c1-16(30)29-22(6)18(2,26(10,44-28)20(4,15-41-45(36,37)38)43-27(22,11)39-12)13-40-14-19(3)23(7,33)25(9,35)24(8,34)21(5,42-19)17(31)32/h33-35H,13-15H2,1-12H3,(H,29,30)(H,31,32)(H,36,37,38)/t18-,19?,20?,21?,22-,23+,24+,25-,26-,27?/m0/s1. The molecular weight excluding hydrogens is 621 g/mol. The van der Waals surface area contributed by atoms with Gasteiger partial charge in [0, 0.05) is 19.4 Å². The van der Waals surface area contributed by atoms with E-state index >= 15 is 0 Å². The van der Waals surface area contributed by atoms with E-state index in [2.05, 4.69) is 5.32 Å². The maximum absolute atomic E-state index is 12.6. The lowest BCUT2D eigenvalue weighted by Crippen LogP contribution is -2.87. The number of carbonyl (C=O) groups excluding carboxylic acids is 1. The average Bonchev–Trinajstić information content (AvgIpc) is 2.88. The molecule has 2 aliphatic rings. The Hall–Kier alpha value is -1.45. The van der Waals surface area contributed by atoms with E-state index in [1.54, 1.807) is 13.8 Å². The average molecular weight is 670 g/mol. The number of carboxylic acid groups (broad SMARTS) is 1. The molecular formula is C27H48BNO15S. The van der Waals surface area contributed by atoms with Crippen molar-refractivity contribution in [3.8, 4) is 0 Å². The van der Waals surface area contributed by atoms with Crippen molar-refractivity contribution in [2.24, 2.45) is 5.41 Å². The highest BCUT2D eigenvalue weighted by molar-refractivity contribution is 7.80. The third-order valence-electron chi connectivity index (χ3n) is 11.5. The van der Waals surface area contributed by atoms with E-state index in [0.29, 0.717) is 0 Å². The fourth-order valence-electron chi connectivity index (χ4n) is 6.91. The van der Waals surface area contributed by atoms with Gasteiger partial charge in [-0.3, -0.25) is 9.35 Å². The second-order valence-electron chi connectivity index (χ2n) is 13.8.